The van der Waals surface area contributed by atoms with Gasteiger partial charge in [0.05, 0.1) is 6.10 Å². The third-order valence-electron chi connectivity index (χ3n) is 1.50. The van der Waals surface area contributed by atoms with Crippen molar-refractivity contribution < 1.29 is 5.11 Å². The number of hydrogen-bond acceptors (Lipinski definition) is 2. The lowest BCUT2D eigenvalue weighted by atomic mass is 10.2. The Kier molecular flexibility index (Phi) is 5.26. The molecule has 10 heavy (non-hydrogen) atoms. The first-order valence-corrected chi connectivity index (χ1v) is 3.74. The number of aliphatic hydroxyl groups is 1. The fourth-order valence-electron chi connectivity index (χ4n) is 0.550. The molecule has 0 heterocycles. The van der Waals surface area contributed by atoms with E-state index in [1.807, 2.05) is 19.9 Å². The van der Waals surface area contributed by atoms with Gasteiger partial charge in [0.2, 0.25) is 0 Å². The van der Waals surface area contributed by atoms with E-state index in [4.69, 9.17) is 5.11 Å². The molecule has 2 N–H and O–H groups in total. The smallest absolute Gasteiger partial charge is 0.0662 e. The Morgan fingerprint density at radius 3 is 2.70 bits per heavy atom. The predicted octanol–water partition coefficient (Wildman–Crippen LogP) is 0.921. The fourth-order valence-corrected chi connectivity index (χ4v) is 0.550. The van der Waals surface area contributed by atoms with E-state index in [-0.39, 0.29) is 6.10 Å². The minimum Gasteiger partial charge on any atom is -0.392 e. The Bertz CT molecular complexity index is 93.3. The summed E-state index contributed by atoms with van der Waals surface area (Å²) in [5, 5.41) is 12.2. The van der Waals surface area contributed by atoms with Gasteiger partial charge in [-0.2, -0.15) is 0 Å². The third kappa shape index (κ3) is 4.53. The van der Waals surface area contributed by atoms with Crippen LogP contribution in [0.1, 0.15) is 20.3 Å². The zero-order valence-corrected chi connectivity index (χ0v) is 6.80. The predicted molar refractivity (Wildman–Crippen MR) is 44.0 cm³/mol. The molecule has 2 atom stereocenters. The molecule has 60 valence electrons. The standard InChI is InChI=1S/C8H17NO/c1-4-7(3)9-6-8(10)5-2/h4,7-10H,1,5-6H2,2-3H3/t7?,8-/m0/s1. The van der Waals surface area contributed by atoms with Gasteiger partial charge in [-0.15, -0.1) is 6.58 Å². The SMILES string of the molecule is C=CC(C)NC[C@@H](O)CC. The lowest BCUT2D eigenvalue weighted by Gasteiger charge is -2.12. The molecule has 0 saturated heterocycles. The summed E-state index contributed by atoms with van der Waals surface area (Å²) in [4.78, 5) is 0. The average Bonchev–Trinajstić information content (AvgIpc) is 1.99. The van der Waals surface area contributed by atoms with Crippen molar-refractivity contribution in [1.82, 2.24) is 5.32 Å². The lowest BCUT2D eigenvalue weighted by molar-refractivity contribution is 0.166. The molecule has 0 bridgehead atoms. The molecule has 0 aliphatic heterocycles. The van der Waals surface area contributed by atoms with E-state index in [2.05, 4.69) is 11.9 Å². The normalized spacial score (nSPS) is 16.3. The molecular formula is C8H17NO. The van der Waals surface area contributed by atoms with Gasteiger partial charge in [-0.05, 0) is 13.3 Å². The largest absolute Gasteiger partial charge is 0.392 e. The Balaban J connectivity index is 3.25. The first-order valence-electron chi connectivity index (χ1n) is 3.74. The molecule has 0 fully saturated rings. The van der Waals surface area contributed by atoms with Gasteiger partial charge >= 0.3 is 0 Å². The molecule has 0 aliphatic rings. The quantitative estimate of drug-likeness (QED) is 0.561. The number of rotatable bonds is 5. The Hall–Kier alpha value is -0.340. The van der Waals surface area contributed by atoms with Crippen molar-refractivity contribution in [2.75, 3.05) is 6.54 Å². The monoisotopic (exact) mass is 143 g/mol. The first-order chi connectivity index (χ1) is 4.70. The van der Waals surface area contributed by atoms with E-state index in [1.165, 1.54) is 0 Å². The van der Waals surface area contributed by atoms with Gasteiger partial charge in [-0.25, -0.2) is 0 Å². The molecule has 0 aromatic rings. The molecule has 0 rings (SSSR count). The zero-order chi connectivity index (χ0) is 7.98. The second-order valence-electron chi connectivity index (χ2n) is 2.49. The Labute approximate surface area is 62.9 Å². The topological polar surface area (TPSA) is 32.3 Å². The third-order valence-corrected chi connectivity index (χ3v) is 1.50. The van der Waals surface area contributed by atoms with E-state index < -0.39 is 0 Å². The highest BCUT2D eigenvalue weighted by atomic mass is 16.3. The maximum atomic E-state index is 9.11. The van der Waals surface area contributed by atoms with Gasteiger partial charge in [0.1, 0.15) is 0 Å². The van der Waals surface area contributed by atoms with Crippen molar-refractivity contribution >= 4 is 0 Å². The molecule has 1 unspecified atom stereocenters. The molecule has 2 heteroatoms. The fraction of sp³-hybridized carbons (Fsp3) is 0.750. The van der Waals surface area contributed by atoms with Gasteiger partial charge < -0.3 is 10.4 Å². The van der Waals surface area contributed by atoms with Crippen molar-refractivity contribution in [1.29, 1.82) is 0 Å². The van der Waals surface area contributed by atoms with Gasteiger partial charge in [0, 0.05) is 12.6 Å². The minimum atomic E-state index is -0.220. The summed E-state index contributed by atoms with van der Waals surface area (Å²) in [5.41, 5.74) is 0. The van der Waals surface area contributed by atoms with Crippen LogP contribution in [0.2, 0.25) is 0 Å². The number of nitrogens with one attached hydrogen (secondary N) is 1. The molecular weight excluding hydrogens is 126 g/mol. The van der Waals surface area contributed by atoms with Crippen molar-refractivity contribution in [3.8, 4) is 0 Å². The van der Waals surface area contributed by atoms with Crippen molar-refractivity contribution in [2.45, 2.75) is 32.4 Å². The van der Waals surface area contributed by atoms with Crippen molar-refractivity contribution in [2.24, 2.45) is 0 Å². The van der Waals surface area contributed by atoms with Crippen LogP contribution >= 0.6 is 0 Å². The van der Waals surface area contributed by atoms with E-state index in [9.17, 15) is 0 Å². The molecule has 2 nitrogen and oxygen atoms in total. The molecule has 0 aromatic heterocycles. The highest BCUT2D eigenvalue weighted by Crippen LogP contribution is 1.88. The summed E-state index contributed by atoms with van der Waals surface area (Å²) in [5.74, 6) is 0. The van der Waals surface area contributed by atoms with Crippen LogP contribution in [0.5, 0.6) is 0 Å². The minimum absolute atomic E-state index is 0.220. The number of hydrogen-bond donors (Lipinski definition) is 2. The van der Waals surface area contributed by atoms with Crippen LogP contribution in [-0.4, -0.2) is 23.8 Å². The highest BCUT2D eigenvalue weighted by Gasteiger charge is 2.00. The highest BCUT2D eigenvalue weighted by molar-refractivity contribution is 4.81. The van der Waals surface area contributed by atoms with Gasteiger partial charge in [0.15, 0.2) is 0 Å². The molecule has 0 saturated carbocycles. The van der Waals surface area contributed by atoms with Crippen LogP contribution in [0.25, 0.3) is 0 Å². The van der Waals surface area contributed by atoms with Crippen LogP contribution in [0.4, 0.5) is 0 Å². The summed E-state index contributed by atoms with van der Waals surface area (Å²) in [6.45, 7) is 8.25. The maximum Gasteiger partial charge on any atom is 0.0662 e. The van der Waals surface area contributed by atoms with E-state index in [0.29, 0.717) is 12.6 Å². The van der Waals surface area contributed by atoms with Crippen molar-refractivity contribution in [3.05, 3.63) is 12.7 Å². The molecule has 0 radical (unpaired) electrons. The second kappa shape index (κ2) is 5.45. The van der Waals surface area contributed by atoms with Crippen LogP contribution in [0, 0.1) is 0 Å². The van der Waals surface area contributed by atoms with E-state index in [1.54, 1.807) is 0 Å². The molecule has 0 aromatic carbocycles. The first kappa shape index (κ1) is 9.66. The van der Waals surface area contributed by atoms with Crippen LogP contribution in [0.15, 0.2) is 12.7 Å². The Morgan fingerprint density at radius 2 is 2.30 bits per heavy atom. The average molecular weight is 143 g/mol. The second-order valence-corrected chi connectivity index (χ2v) is 2.49. The van der Waals surface area contributed by atoms with Gasteiger partial charge in [-0.3, -0.25) is 0 Å². The summed E-state index contributed by atoms with van der Waals surface area (Å²) in [6, 6.07) is 0.293. The number of aliphatic hydroxyl groups excluding tert-OH is 1. The van der Waals surface area contributed by atoms with E-state index in [0.717, 1.165) is 6.42 Å². The van der Waals surface area contributed by atoms with Gasteiger partial charge in [0.25, 0.3) is 0 Å². The van der Waals surface area contributed by atoms with Crippen LogP contribution in [-0.2, 0) is 0 Å². The summed E-state index contributed by atoms with van der Waals surface area (Å²) >= 11 is 0. The summed E-state index contributed by atoms with van der Waals surface area (Å²) in [6.07, 6.45) is 2.40. The Morgan fingerprint density at radius 1 is 1.70 bits per heavy atom. The zero-order valence-electron chi connectivity index (χ0n) is 6.80. The lowest BCUT2D eigenvalue weighted by Crippen LogP contribution is -2.31. The summed E-state index contributed by atoms with van der Waals surface area (Å²) < 4.78 is 0. The van der Waals surface area contributed by atoms with Crippen LogP contribution in [0.3, 0.4) is 0 Å². The van der Waals surface area contributed by atoms with Crippen molar-refractivity contribution in [3.63, 3.8) is 0 Å². The molecule has 0 spiro atoms. The van der Waals surface area contributed by atoms with Crippen LogP contribution < -0.4 is 5.32 Å². The van der Waals surface area contributed by atoms with E-state index >= 15 is 0 Å². The summed E-state index contributed by atoms with van der Waals surface area (Å²) in [7, 11) is 0. The molecule has 0 amide bonds. The maximum absolute atomic E-state index is 9.11. The van der Waals surface area contributed by atoms with Gasteiger partial charge in [-0.1, -0.05) is 13.0 Å². The molecule has 0 aliphatic carbocycles.